The third-order valence-electron chi connectivity index (χ3n) is 6.82. The van der Waals surface area contributed by atoms with Gasteiger partial charge < -0.3 is 20.9 Å². The maximum Gasteiger partial charge on any atom is 0.245 e. The maximum atomic E-state index is 13.5. The molecular weight excluding hydrogens is 452 g/mol. The van der Waals surface area contributed by atoms with Crippen LogP contribution in [0.4, 0.5) is 0 Å². The Bertz CT molecular complexity index is 839. The Balaban J connectivity index is 1.72. The molecule has 0 unspecified atom stereocenters. The smallest absolute Gasteiger partial charge is 0.245 e. The largest absolute Gasteiger partial charge is 0.344 e. The van der Waals surface area contributed by atoms with Gasteiger partial charge in [-0.1, -0.05) is 50.4 Å². The van der Waals surface area contributed by atoms with Crippen molar-refractivity contribution in [2.45, 2.75) is 83.3 Å². The van der Waals surface area contributed by atoms with Crippen molar-refractivity contribution in [3.8, 4) is 0 Å². The molecule has 2 fully saturated rings. The van der Waals surface area contributed by atoms with Crippen LogP contribution < -0.4 is 11.1 Å². The summed E-state index contributed by atoms with van der Waals surface area (Å²) in [7, 11) is 0. The van der Waals surface area contributed by atoms with Crippen molar-refractivity contribution in [3.05, 3.63) is 34.9 Å². The minimum absolute atomic E-state index is 0.0363. The van der Waals surface area contributed by atoms with E-state index in [0.717, 1.165) is 37.7 Å². The Morgan fingerprint density at radius 2 is 1.79 bits per heavy atom. The van der Waals surface area contributed by atoms with Crippen LogP contribution in [0.15, 0.2) is 24.3 Å². The summed E-state index contributed by atoms with van der Waals surface area (Å²) in [4.78, 5) is 42.9. The lowest BCUT2D eigenvalue weighted by atomic mass is 10.0. The van der Waals surface area contributed by atoms with Crippen molar-refractivity contribution in [1.82, 2.24) is 15.1 Å². The first kappa shape index (κ1) is 26.5. The summed E-state index contributed by atoms with van der Waals surface area (Å²) in [6.45, 7) is 5.48. The standard InChI is InChI=1S/C26H39ClN4O3/c1-18(2)15-25(33)31(21-5-3-4-6-21)22-12-14-30(17-22)26(34)23(29-24(32)11-13-28)16-19-7-9-20(27)10-8-19/h7-10,18,21-23H,3-6,11-17,28H2,1-2H3,(H,29,32)/t22-,23+/m0/s1. The summed E-state index contributed by atoms with van der Waals surface area (Å²) >= 11 is 6.01. The number of amides is 3. The van der Waals surface area contributed by atoms with Crippen molar-refractivity contribution < 1.29 is 14.4 Å². The van der Waals surface area contributed by atoms with E-state index in [9.17, 15) is 14.4 Å². The van der Waals surface area contributed by atoms with Crippen molar-refractivity contribution in [2.75, 3.05) is 19.6 Å². The van der Waals surface area contributed by atoms with E-state index in [2.05, 4.69) is 24.1 Å². The fraction of sp³-hybridized carbons (Fsp3) is 0.654. The molecule has 0 aromatic heterocycles. The third-order valence-corrected chi connectivity index (χ3v) is 7.07. The summed E-state index contributed by atoms with van der Waals surface area (Å²) in [6.07, 6.45) is 6.26. The molecule has 3 N–H and O–H groups in total. The van der Waals surface area contributed by atoms with Crippen LogP contribution in [0.25, 0.3) is 0 Å². The van der Waals surface area contributed by atoms with Crippen LogP contribution >= 0.6 is 11.6 Å². The van der Waals surface area contributed by atoms with E-state index in [-0.39, 0.29) is 42.8 Å². The molecule has 1 saturated carbocycles. The van der Waals surface area contributed by atoms with Crippen molar-refractivity contribution in [1.29, 1.82) is 0 Å². The van der Waals surface area contributed by atoms with E-state index < -0.39 is 6.04 Å². The predicted molar refractivity (Wildman–Crippen MR) is 134 cm³/mol. The molecule has 0 radical (unpaired) electrons. The summed E-state index contributed by atoms with van der Waals surface area (Å²) in [5.41, 5.74) is 6.46. The summed E-state index contributed by atoms with van der Waals surface area (Å²) in [5, 5.41) is 3.51. The van der Waals surface area contributed by atoms with Crippen LogP contribution in [-0.2, 0) is 20.8 Å². The number of rotatable bonds is 10. The van der Waals surface area contributed by atoms with Gasteiger partial charge in [-0.15, -0.1) is 0 Å². The minimum atomic E-state index is -0.676. The molecule has 2 aliphatic rings. The van der Waals surface area contributed by atoms with Gasteiger partial charge in [0.25, 0.3) is 0 Å². The number of carbonyl (C=O) groups excluding carboxylic acids is 3. The lowest BCUT2D eigenvalue weighted by molar-refractivity contribution is -0.139. The highest BCUT2D eigenvalue weighted by molar-refractivity contribution is 6.30. The number of nitrogens with two attached hydrogens (primary N) is 1. The second kappa shape index (κ2) is 12.5. The molecule has 34 heavy (non-hydrogen) atoms. The Kier molecular flexibility index (Phi) is 9.77. The predicted octanol–water partition coefficient (Wildman–Crippen LogP) is 3.13. The monoisotopic (exact) mass is 490 g/mol. The zero-order valence-corrected chi connectivity index (χ0v) is 21.2. The minimum Gasteiger partial charge on any atom is -0.344 e. The molecule has 0 bridgehead atoms. The fourth-order valence-corrected chi connectivity index (χ4v) is 5.31. The molecule has 3 rings (SSSR count). The number of carbonyl (C=O) groups is 3. The molecule has 1 aliphatic carbocycles. The van der Waals surface area contributed by atoms with Crippen LogP contribution in [0, 0.1) is 5.92 Å². The second-order valence-electron chi connectivity index (χ2n) is 10.1. The Hall–Kier alpha value is -2.12. The number of likely N-dealkylation sites (tertiary alicyclic amines) is 1. The molecule has 0 spiro atoms. The molecule has 1 aromatic rings. The van der Waals surface area contributed by atoms with E-state index in [1.807, 2.05) is 17.0 Å². The first-order valence-corrected chi connectivity index (χ1v) is 13.0. The van der Waals surface area contributed by atoms with E-state index >= 15 is 0 Å². The number of hydrogen-bond acceptors (Lipinski definition) is 4. The number of nitrogens with one attached hydrogen (secondary N) is 1. The molecule has 1 aliphatic heterocycles. The van der Waals surface area contributed by atoms with Crippen molar-refractivity contribution in [2.24, 2.45) is 11.7 Å². The van der Waals surface area contributed by atoms with Gasteiger partial charge in [-0.25, -0.2) is 0 Å². The normalized spacial score (nSPS) is 19.4. The van der Waals surface area contributed by atoms with Gasteiger partial charge in [-0.2, -0.15) is 0 Å². The SMILES string of the molecule is CC(C)CC(=O)N(C1CCCC1)[C@H]1CCN(C(=O)[C@@H](Cc2ccc(Cl)cc2)NC(=O)CCN)C1. The van der Waals surface area contributed by atoms with Gasteiger partial charge in [0, 0.05) is 50.0 Å². The van der Waals surface area contributed by atoms with Gasteiger partial charge in [0.15, 0.2) is 0 Å². The Morgan fingerprint density at radius 1 is 1.12 bits per heavy atom. The number of nitrogens with zero attached hydrogens (tertiary/aromatic N) is 2. The van der Waals surface area contributed by atoms with Crippen molar-refractivity contribution in [3.63, 3.8) is 0 Å². The highest BCUT2D eigenvalue weighted by atomic mass is 35.5. The van der Waals surface area contributed by atoms with Crippen LogP contribution in [0.3, 0.4) is 0 Å². The first-order chi connectivity index (χ1) is 16.3. The van der Waals surface area contributed by atoms with E-state index in [0.29, 0.717) is 36.9 Å². The summed E-state index contributed by atoms with van der Waals surface area (Å²) < 4.78 is 0. The zero-order valence-electron chi connectivity index (χ0n) is 20.5. The Labute approximate surface area is 208 Å². The van der Waals surface area contributed by atoms with Crippen LogP contribution in [0.2, 0.25) is 5.02 Å². The zero-order chi connectivity index (χ0) is 24.7. The van der Waals surface area contributed by atoms with Gasteiger partial charge in [0.1, 0.15) is 6.04 Å². The van der Waals surface area contributed by atoms with Gasteiger partial charge in [-0.3, -0.25) is 14.4 Å². The number of benzene rings is 1. The van der Waals surface area contributed by atoms with Gasteiger partial charge in [0.2, 0.25) is 17.7 Å². The average molecular weight is 491 g/mol. The van der Waals surface area contributed by atoms with Crippen LogP contribution in [0.5, 0.6) is 0 Å². The topological polar surface area (TPSA) is 95.7 Å². The highest BCUT2D eigenvalue weighted by Crippen LogP contribution is 2.30. The fourth-order valence-electron chi connectivity index (χ4n) is 5.19. The lowest BCUT2D eigenvalue weighted by Crippen LogP contribution is -2.51. The molecule has 3 amide bonds. The molecule has 7 nitrogen and oxygen atoms in total. The van der Waals surface area contributed by atoms with Gasteiger partial charge in [0.05, 0.1) is 6.04 Å². The second-order valence-corrected chi connectivity index (χ2v) is 10.5. The maximum absolute atomic E-state index is 13.5. The molecule has 1 heterocycles. The molecule has 1 aromatic carbocycles. The third kappa shape index (κ3) is 7.19. The summed E-state index contributed by atoms with van der Waals surface area (Å²) in [5.74, 6) is 0.169. The van der Waals surface area contributed by atoms with Crippen LogP contribution in [-0.4, -0.2) is 65.3 Å². The van der Waals surface area contributed by atoms with Crippen molar-refractivity contribution >= 4 is 29.3 Å². The van der Waals surface area contributed by atoms with E-state index in [4.69, 9.17) is 17.3 Å². The molecule has 2 atom stereocenters. The van der Waals surface area contributed by atoms with Gasteiger partial charge >= 0.3 is 0 Å². The number of halogens is 1. The summed E-state index contributed by atoms with van der Waals surface area (Å²) in [6, 6.07) is 6.95. The lowest BCUT2D eigenvalue weighted by Gasteiger charge is -2.35. The van der Waals surface area contributed by atoms with Crippen LogP contribution in [0.1, 0.15) is 64.4 Å². The van der Waals surface area contributed by atoms with E-state index in [1.54, 1.807) is 12.1 Å². The Morgan fingerprint density at radius 3 is 2.41 bits per heavy atom. The molecule has 188 valence electrons. The quantitative estimate of drug-likeness (QED) is 0.526. The van der Waals surface area contributed by atoms with Gasteiger partial charge in [-0.05, 0) is 42.9 Å². The number of hydrogen-bond donors (Lipinski definition) is 2. The molecular formula is C26H39ClN4O3. The molecule has 8 heteroatoms. The first-order valence-electron chi connectivity index (χ1n) is 12.6. The highest BCUT2D eigenvalue weighted by Gasteiger charge is 2.39. The molecule has 1 saturated heterocycles. The average Bonchev–Trinajstić information content (AvgIpc) is 3.47. The van der Waals surface area contributed by atoms with E-state index in [1.165, 1.54) is 0 Å².